The van der Waals surface area contributed by atoms with E-state index in [1.54, 1.807) is 6.08 Å². The highest BCUT2D eigenvalue weighted by atomic mass is 16.6. The van der Waals surface area contributed by atoms with Gasteiger partial charge in [-0.15, -0.1) is 6.58 Å². The summed E-state index contributed by atoms with van der Waals surface area (Å²) in [5, 5.41) is 0. The number of fused-ring (bicyclic) bond motifs is 1. The minimum absolute atomic E-state index is 0.685. The second-order valence-corrected chi connectivity index (χ2v) is 4.09. The summed E-state index contributed by atoms with van der Waals surface area (Å²) < 4.78 is 5.45. The molecule has 0 amide bonds. The van der Waals surface area contributed by atoms with Gasteiger partial charge in [0.25, 0.3) is 0 Å². The van der Waals surface area contributed by atoms with Crippen LogP contribution in [-0.2, 0) is 4.74 Å². The van der Waals surface area contributed by atoms with Crippen LogP contribution in [-0.4, -0.2) is 12.2 Å². The van der Waals surface area contributed by atoms with E-state index < -0.39 is 0 Å². The van der Waals surface area contributed by atoms with Crippen LogP contribution in [0.3, 0.4) is 0 Å². The molecule has 13 heavy (non-hydrogen) atoms. The summed E-state index contributed by atoms with van der Waals surface area (Å²) in [7, 11) is 0. The van der Waals surface area contributed by atoms with Gasteiger partial charge in [-0.05, 0) is 32.1 Å². The largest absolute Gasteiger partial charge is 0.370 e. The first-order chi connectivity index (χ1) is 6.31. The third-order valence-electron chi connectivity index (χ3n) is 2.81. The van der Waals surface area contributed by atoms with Crippen LogP contribution in [0, 0.1) is 5.92 Å². The molecule has 1 aliphatic heterocycles. The molecule has 0 spiro atoms. The average Bonchev–Trinajstić information content (AvgIpc) is 2.84. The Bertz CT molecular complexity index is 153. The number of rotatable bonds is 2. The zero-order chi connectivity index (χ0) is 9.68. The van der Waals surface area contributed by atoms with Crippen molar-refractivity contribution in [2.24, 2.45) is 5.92 Å². The first kappa shape index (κ1) is 10.8. The summed E-state index contributed by atoms with van der Waals surface area (Å²) in [6.07, 6.45) is 10.0. The van der Waals surface area contributed by atoms with Crippen LogP contribution in [0.2, 0.25) is 0 Å². The number of epoxide rings is 1. The predicted molar refractivity (Wildman–Crippen MR) is 56.8 cm³/mol. The van der Waals surface area contributed by atoms with Crippen LogP contribution in [0.15, 0.2) is 12.7 Å². The molecular formula is C12H22O. The molecule has 1 saturated heterocycles. The quantitative estimate of drug-likeness (QED) is 0.470. The fourth-order valence-corrected chi connectivity index (χ4v) is 2.16. The first-order valence-corrected chi connectivity index (χ1v) is 5.54. The number of hydrogen-bond donors (Lipinski definition) is 0. The lowest BCUT2D eigenvalue weighted by atomic mass is 9.86. The summed E-state index contributed by atoms with van der Waals surface area (Å²) in [5.74, 6) is 0.994. The molecule has 3 unspecified atom stereocenters. The van der Waals surface area contributed by atoms with Gasteiger partial charge in [-0.1, -0.05) is 25.8 Å². The topological polar surface area (TPSA) is 12.5 Å². The third-order valence-corrected chi connectivity index (χ3v) is 2.81. The summed E-state index contributed by atoms with van der Waals surface area (Å²) in [4.78, 5) is 0. The average molecular weight is 182 g/mol. The molecule has 2 rings (SSSR count). The van der Waals surface area contributed by atoms with E-state index in [4.69, 9.17) is 4.74 Å². The van der Waals surface area contributed by atoms with Gasteiger partial charge in [-0.25, -0.2) is 0 Å². The highest BCUT2D eigenvalue weighted by molar-refractivity contribution is 4.91. The monoisotopic (exact) mass is 182 g/mol. The van der Waals surface area contributed by atoms with Crippen molar-refractivity contribution in [1.29, 1.82) is 0 Å². The molecule has 0 radical (unpaired) electrons. The Morgan fingerprint density at radius 1 is 1.38 bits per heavy atom. The van der Waals surface area contributed by atoms with Gasteiger partial charge in [0.05, 0.1) is 12.2 Å². The SMILES string of the molecule is C=CC.CCCC1CCC2OC2C1. The number of hydrogen-bond acceptors (Lipinski definition) is 1. The molecule has 3 atom stereocenters. The van der Waals surface area contributed by atoms with Gasteiger partial charge in [-0.2, -0.15) is 0 Å². The van der Waals surface area contributed by atoms with E-state index >= 15 is 0 Å². The molecule has 1 nitrogen and oxygen atoms in total. The van der Waals surface area contributed by atoms with Gasteiger partial charge in [0.2, 0.25) is 0 Å². The van der Waals surface area contributed by atoms with Crippen LogP contribution in [0.25, 0.3) is 0 Å². The van der Waals surface area contributed by atoms with Crippen molar-refractivity contribution in [1.82, 2.24) is 0 Å². The molecule has 1 heterocycles. The van der Waals surface area contributed by atoms with E-state index in [2.05, 4.69) is 13.5 Å². The van der Waals surface area contributed by atoms with Crippen molar-refractivity contribution in [2.45, 2.75) is 58.2 Å². The van der Waals surface area contributed by atoms with Gasteiger partial charge in [0, 0.05) is 0 Å². The van der Waals surface area contributed by atoms with Crippen molar-refractivity contribution in [2.75, 3.05) is 0 Å². The summed E-state index contributed by atoms with van der Waals surface area (Å²) in [6, 6.07) is 0. The lowest BCUT2D eigenvalue weighted by molar-refractivity contribution is 0.350. The maximum Gasteiger partial charge on any atom is 0.0844 e. The van der Waals surface area contributed by atoms with Gasteiger partial charge < -0.3 is 4.74 Å². The maximum atomic E-state index is 5.45. The highest BCUT2D eigenvalue weighted by Crippen LogP contribution is 2.40. The zero-order valence-electron chi connectivity index (χ0n) is 8.96. The molecule has 0 aromatic rings. The first-order valence-electron chi connectivity index (χ1n) is 5.54. The van der Waals surface area contributed by atoms with E-state index in [-0.39, 0.29) is 0 Å². The van der Waals surface area contributed by atoms with Crippen molar-refractivity contribution >= 4 is 0 Å². The van der Waals surface area contributed by atoms with Gasteiger partial charge >= 0.3 is 0 Å². The van der Waals surface area contributed by atoms with Crippen LogP contribution in [0.1, 0.15) is 46.0 Å². The van der Waals surface area contributed by atoms with Crippen molar-refractivity contribution < 1.29 is 4.74 Å². The second-order valence-electron chi connectivity index (χ2n) is 4.09. The standard InChI is InChI=1S/C9H16O.C3H6/c1-2-3-7-4-5-8-9(6-7)10-8;1-3-2/h7-9H,2-6H2,1H3;3H,1H2,2H3. The normalized spacial score (nSPS) is 35.4. The lowest BCUT2D eigenvalue weighted by Gasteiger charge is -2.17. The molecule has 0 aromatic heterocycles. The molecule has 0 aromatic carbocycles. The summed E-state index contributed by atoms with van der Waals surface area (Å²) in [6.45, 7) is 7.53. The fourth-order valence-electron chi connectivity index (χ4n) is 2.16. The predicted octanol–water partition coefficient (Wildman–Crippen LogP) is 3.55. The van der Waals surface area contributed by atoms with Crippen molar-refractivity contribution in [3.8, 4) is 0 Å². The molecule has 2 fully saturated rings. The molecule has 76 valence electrons. The molecule has 0 bridgehead atoms. The van der Waals surface area contributed by atoms with Crippen molar-refractivity contribution in [3.63, 3.8) is 0 Å². The highest BCUT2D eigenvalue weighted by Gasteiger charge is 2.43. The number of ether oxygens (including phenoxy) is 1. The van der Waals surface area contributed by atoms with E-state index in [9.17, 15) is 0 Å². The minimum atomic E-state index is 0.685. The maximum absolute atomic E-state index is 5.45. The third kappa shape index (κ3) is 3.51. The molecule has 1 aliphatic carbocycles. The summed E-state index contributed by atoms with van der Waals surface area (Å²) in [5.41, 5.74) is 0. The molecule has 1 saturated carbocycles. The smallest absolute Gasteiger partial charge is 0.0844 e. The minimum Gasteiger partial charge on any atom is -0.370 e. The molecule has 2 aliphatic rings. The molecule has 0 N–H and O–H groups in total. The van der Waals surface area contributed by atoms with Crippen LogP contribution >= 0.6 is 0 Å². The Hall–Kier alpha value is -0.300. The second kappa shape index (κ2) is 5.43. The summed E-state index contributed by atoms with van der Waals surface area (Å²) >= 11 is 0. The van der Waals surface area contributed by atoms with Gasteiger partial charge in [-0.3, -0.25) is 0 Å². The Morgan fingerprint density at radius 2 is 2.08 bits per heavy atom. The zero-order valence-corrected chi connectivity index (χ0v) is 8.96. The van der Waals surface area contributed by atoms with E-state index in [0.717, 1.165) is 5.92 Å². The van der Waals surface area contributed by atoms with E-state index in [0.29, 0.717) is 12.2 Å². The number of allylic oxidation sites excluding steroid dienone is 1. The molecular weight excluding hydrogens is 160 g/mol. The Balaban J connectivity index is 0.000000251. The van der Waals surface area contributed by atoms with Crippen LogP contribution in [0.5, 0.6) is 0 Å². The van der Waals surface area contributed by atoms with E-state index in [1.807, 2.05) is 6.92 Å². The Morgan fingerprint density at radius 3 is 2.62 bits per heavy atom. The fraction of sp³-hybridized carbons (Fsp3) is 0.833. The van der Waals surface area contributed by atoms with Crippen LogP contribution < -0.4 is 0 Å². The van der Waals surface area contributed by atoms with Crippen LogP contribution in [0.4, 0.5) is 0 Å². The van der Waals surface area contributed by atoms with Gasteiger partial charge in [0.15, 0.2) is 0 Å². The lowest BCUT2D eigenvalue weighted by Crippen LogP contribution is -2.12. The Kier molecular flexibility index (Phi) is 4.51. The van der Waals surface area contributed by atoms with Gasteiger partial charge in [0.1, 0.15) is 0 Å². The van der Waals surface area contributed by atoms with Crippen molar-refractivity contribution in [3.05, 3.63) is 12.7 Å². The molecule has 1 heteroatoms. The van der Waals surface area contributed by atoms with E-state index in [1.165, 1.54) is 32.1 Å². The Labute approximate surface area is 82.2 Å².